The third kappa shape index (κ3) is 8.38. The molecule has 0 aliphatic carbocycles. The quantitative estimate of drug-likeness (QED) is 0.106. The van der Waals surface area contributed by atoms with Gasteiger partial charge in [0.2, 0.25) is 0 Å². The number of nitrogens with zero attached hydrogens (tertiary/aromatic N) is 4. The zero-order chi connectivity index (χ0) is 40.9. The molecule has 4 N–H and O–H groups in total. The molecule has 8 rings (SSSR count). The lowest BCUT2D eigenvalue weighted by Gasteiger charge is -2.28. The number of fused-ring (bicyclic) bond motifs is 2. The molecule has 4 heterocycles. The van der Waals surface area contributed by atoms with Crippen LogP contribution in [0.4, 0.5) is 9.59 Å². The van der Waals surface area contributed by atoms with Gasteiger partial charge in [-0.25, -0.2) is 19.6 Å². The Balaban J connectivity index is 0.941. The highest BCUT2D eigenvalue weighted by atomic mass is 16.5. The second-order valence-corrected chi connectivity index (χ2v) is 14.8. The number of alkyl carbamates (subject to hydrolysis) is 2. The van der Waals surface area contributed by atoms with E-state index in [1.54, 1.807) is 9.80 Å². The van der Waals surface area contributed by atoms with Crippen molar-refractivity contribution < 1.29 is 28.7 Å². The first-order valence-electron chi connectivity index (χ1n) is 19.8. The summed E-state index contributed by atoms with van der Waals surface area (Å²) in [6.45, 7) is 1.11. The summed E-state index contributed by atoms with van der Waals surface area (Å²) in [6, 6.07) is 28.3. The molecule has 2 saturated heterocycles. The molecule has 2 aromatic heterocycles. The number of methoxy groups -OCH3 is 2. The van der Waals surface area contributed by atoms with Crippen molar-refractivity contribution in [3.05, 3.63) is 137 Å². The van der Waals surface area contributed by atoms with Gasteiger partial charge < -0.3 is 39.9 Å². The predicted octanol–water partition coefficient (Wildman–Crippen LogP) is 7.22. The number of imidazole rings is 2. The van der Waals surface area contributed by atoms with E-state index in [0.29, 0.717) is 36.5 Å². The lowest BCUT2D eigenvalue weighted by Crippen LogP contribution is -2.42. The van der Waals surface area contributed by atoms with E-state index in [1.165, 1.54) is 14.2 Å². The fourth-order valence-electron chi connectivity index (χ4n) is 8.18. The van der Waals surface area contributed by atoms with Crippen molar-refractivity contribution in [1.82, 2.24) is 40.4 Å². The molecule has 4 atom stereocenters. The highest BCUT2D eigenvalue weighted by molar-refractivity contribution is 5.88. The van der Waals surface area contributed by atoms with Gasteiger partial charge in [-0.3, -0.25) is 9.59 Å². The number of aromatic amines is 2. The number of rotatable bonds is 11. The maximum Gasteiger partial charge on any atom is 0.407 e. The van der Waals surface area contributed by atoms with Crippen LogP contribution in [0.2, 0.25) is 0 Å². The van der Waals surface area contributed by atoms with Crippen molar-refractivity contribution in [2.24, 2.45) is 0 Å². The van der Waals surface area contributed by atoms with E-state index in [-0.39, 0.29) is 23.9 Å². The standard InChI is InChI=1S/C45H46N8O6/c1-58-44(56)50-38(30-14-5-3-6-15-30)42(54)52-24-10-18-36(52)40-46-32-22-20-28(26-34(32)48-40)12-9-13-29-21-23-33-35(27-29)49-41(47-33)37-19-11-25-53(37)43(55)39(51-45(57)59-2)31-16-7-4-8-17-31/h3-9,12,14-17,20-23,26-27,36-39H,10-11,13,18-19,24-25H2,1-2H3,(H,46,48)(H,47,49)(H,50,56)(H,51,57)/b12-9+/t36-,37-,38+,39+/m0/s1. The number of likely N-dealkylation sites (tertiary alicyclic amines) is 2. The number of benzene rings is 4. The molecule has 0 radical (unpaired) electrons. The molecule has 14 nitrogen and oxygen atoms in total. The number of amides is 4. The van der Waals surface area contributed by atoms with Crippen molar-refractivity contribution in [3.63, 3.8) is 0 Å². The minimum Gasteiger partial charge on any atom is -0.453 e. The normalized spacial score (nSPS) is 17.7. The molecule has 0 saturated carbocycles. The van der Waals surface area contributed by atoms with Gasteiger partial charge in [-0.1, -0.05) is 84.9 Å². The van der Waals surface area contributed by atoms with E-state index in [2.05, 4.69) is 51.0 Å². The Labute approximate surface area is 341 Å². The summed E-state index contributed by atoms with van der Waals surface area (Å²) in [5, 5.41) is 5.43. The molecule has 4 aromatic carbocycles. The molecule has 2 aliphatic heterocycles. The summed E-state index contributed by atoms with van der Waals surface area (Å²) >= 11 is 0. The summed E-state index contributed by atoms with van der Waals surface area (Å²) < 4.78 is 9.66. The van der Waals surface area contributed by atoms with Crippen LogP contribution in [0.5, 0.6) is 0 Å². The first kappa shape index (κ1) is 38.9. The summed E-state index contributed by atoms with van der Waals surface area (Å²) in [5.74, 6) is 1.01. The minimum atomic E-state index is -0.883. The third-order valence-corrected chi connectivity index (χ3v) is 11.1. The largest absolute Gasteiger partial charge is 0.453 e. The van der Waals surface area contributed by atoms with Crippen LogP contribution in [-0.4, -0.2) is 81.0 Å². The molecule has 4 amide bonds. The van der Waals surface area contributed by atoms with Crippen molar-refractivity contribution in [2.75, 3.05) is 27.3 Å². The molecule has 0 bridgehead atoms. The second-order valence-electron chi connectivity index (χ2n) is 14.8. The van der Waals surface area contributed by atoms with Crippen LogP contribution in [0.1, 0.15) is 83.8 Å². The zero-order valence-corrected chi connectivity index (χ0v) is 32.9. The maximum atomic E-state index is 13.9. The Morgan fingerprint density at radius 3 is 1.69 bits per heavy atom. The van der Waals surface area contributed by atoms with E-state index in [4.69, 9.17) is 19.4 Å². The predicted molar refractivity (Wildman–Crippen MR) is 222 cm³/mol. The van der Waals surface area contributed by atoms with E-state index < -0.39 is 24.3 Å². The van der Waals surface area contributed by atoms with Gasteiger partial charge >= 0.3 is 12.2 Å². The van der Waals surface area contributed by atoms with Crippen LogP contribution in [-0.2, 0) is 25.5 Å². The van der Waals surface area contributed by atoms with E-state index in [0.717, 1.165) is 64.7 Å². The Hall–Kier alpha value is -6.96. The van der Waals surface area contributed by atoms with Crippen LogP contribution in [0, 0.1) is 0 Å². The first-order chi connectivity index (χ1) is 28.8. The number of allylic oxidation sites excluding steroid dienone is 1. The second kappa shape index (κ2) is 17.3. The fourth-order valence-corrected chi connectivity index (χ4v) is 8.18. The van der Waals surface area contributed by atoms with Gasteiger partial charge in [-0.2, -0.15) is 0 Å². The Morgan fingerprint density at radius 1 is 0.695 bits per heavy atom. The number of hydrogen-bond acceptors (Lipinski definition) is 8. The summed E-state index contributed by atoms with van der Waals surface area (Å²) in [4.78, 5) is 72.6. The van der Waals surface area contributed by atoms with Gasteiger partial charge in [0.05, 0.1) is 48.4 Å². The smallest absolute Gasteiger partial charge is 0.407 e. The summed E-state index contributed by atoms with van der Waals surface area (Å²) in [7, 11) is 2.56. The number of carbonyl (C=O) groups is 4. The molecule has 59 heavy (non-hydrogen) atoms. The monoisotopic (exact) mass is 794 g/mol. The van der Waals surface area contributed by atoms with Crippen LogP contribution >= 0.6 is 0 Å². The molecular weight excluding hydrogens is 749 g/mol. The SMILES string of the molecule is COC(=O)N[C@@H](C(=O)N1CCC[C@H]1c1nc2ccc(/C=C/Cc3ccc4nc([C@@H]5CCCN5C(=O)[C@H](NC(=O)OC)c5ccccc5)[nH]c4c3)cc2[nH]1)c1ccccc1. The molecule has 0 spiro atoms. The molecule has 2 aliphatic rings. The number of carbonyl (C=O) groups excluding carboxylic acids is 4. The van der Waals surface area contributed by atoms with Crippen molar-refractivity contribution >= 4 is 52.1 Å². The molecule has 14 heteroatoms. The van der Waals surface area contributed by atoms with Gasteiger partial charge in [0, 0.05) is 13.1 Å². The van der Waals surface area contributed by atoms with Gasteiger partial charge in [0.1, 0.15) is 23.7 Å². The van der Waals surface area contributed by atoms with Gasteiger partial charge in [-0.05, 0) is 78.6 Å². The fraction of sp³-hybridized carbons (Fsp3) is 0.289. The van der Waals surface area contributed by atoms with Crippen molar-refractivity contribution in [2.45, 2.75) is 56.3 Å². The Kier molecular flexibility index (Phi) is 11.4. The molecule has 2 fully saturated rings. The zero-order valence-electron chi connectivity index (χ0n) is 32.9. The average molecular weight is 795 g/mol. The number of ether oxygens (including phenoxy) is 2. The third-order valence-electron chi connectivity index (χ3n) is 11.1. The van der Waals surface area contributed by atoms with Gasteiger partial charge in [0.15, 0.2) is 0 Å². The molecule has 302 valence electrons. The van der Waals surface area contributed by atoms with Gasteiger partial charge in [0.25, 0.3) is 11.8 Å². The van der Waals surface area contributed by atoms with E-state index >= 15 is 0 Å². The number of H-pyrrole nitrogens is 2. The summed E-state index contributed by atoms with van der Waals surface area (Å²) in [5.41, 5.74) is 6.85. The number of nitrogens with one attached hydrogen (secondary N) is 4. The Morgan fingerprint density at radius 2 is 1.19 bits per heavy atom. The minimum absolute atomic E-state index is 0.211. The Bertz CT molecular complexity index is 2500. The van der Waals surface area contributed by atoms with Crippen LogP contribution in [0.15, 0.2) is 103 Å². The van der Waals surface area contributed by atoms with Crippen molar-refractivity contribution in [3.8, 4) is 0 Å². The van der Waals surface area contributed by atoms with Crippen LogP contribution in [0.25, 0.3) is 28.1 Å². The first-order valence-corrected chi connectivity index (χ1v) is 19.8. The lowest BCUT2D eigenvalue weighted by atomic mass is 10.1. The van der Waals surface area contributed by atoms with E-state index in [1.807, 2.05) is 78.9 Å². The molecule has 0 unspecified atom stereocenters. The molecular formula is C45H46N8O6. The van der Waals surface area contributed by atoms with Gasteiger partial charge in [-0.15, -0.1) is 0 Å². The van der Waals surface area contributed by atoms with Crippen LogP contribution in [0.3, 0.4) is 0 Å². The average Bonchev–Trinajstić information content (AvgIpc) is 4.10. The van der Waals surface area contributed by atoms with Crippen molar-refractivity contribution in [1.29, 1.82) is 0 Å². The highest BCUT2D eigenvalue weighted by Gasteiger charge is 2.38. The maximum absolute atomic E-state index is 13.9. The topological polar surface area (TPSA) is 175 Å². The lowest BCUT2D eigenvalue weighted by molar-refractivity contribution is -0.135. The number of aromatic nitrogens is 4. The van der Waals surface area contributed by atoms with Crippen LogP contribution < -0.4 is 10.6 Å². The number of hydrogen-bond donors (Lipinski definition) is 4. The highest BCUT2D eigenvalue weighted by Crippen LogP contribution is 2.36. The molecule has 6 aromatic rings. The van der Waals surface area contributed by atoms with E-state index in [9.17, 15) is 19.2 Å². The summed E-state index contributed by atoms with van der Waals surface area (Å²) in [6.07, 6.45) is 6.67.